The normalized spacial score (nSPS) is 11.6. The SMILES string of the molecule is CCCS(=O)(=O)Nc1cc(F)c(F)c(C(=N)c2ccc3ncccc3c2)c1F. The molecule has 2 N–H and O–H groups in total. The van der Waals surface area contributed by atoms with E-state index in [0.717, 1.165) is 0 Å². The summed E-state index contributed by atoms with van der Waals surface area (Å²) in [6.07, 6.45) is 1.84. The van der Waals surface area contributed by atoms with Crippen molar-refractivity contribution in [2.75, 3.05) is 10.5 Å². The summed E-state index contributed by atoms with van der Waals surface area (Å²) in [7, 11) is -3.93. The molecule has 3 rings (SSSR count). The lowest BCUT2D eigenvalue weighted by molar-refractivity contribution is 0.494. The quantitative estimate of drug-likeness (QED) is 0.474. The van der Waals surface area contributed by atoms with E-state index in [-0.39, 0.29) is 17.7 Å². The summed E-state index contributed by atoms with van der Waals surface area (Å²) in [5.41, 5.74) is -1.55. The van der Waals surface area contributed by atoms with E-state index >= 15 is 0 Å². The summed E-state index contributed by atoms with van der Waals surface area (Å²) < 4.78 is 68.9. The second kappa shape index (κ2) is 7.59. The van der Waals surface area contributed by atoms with Crippen molar-refractivity contribution < 1.29 is 21.6 Å². The lowest BCUT2D eigenvalue weighted by atomic mass is 9.99. The van der Waals surface area contributed by atoms with Gasteiger partial charge in [0.15, 0.2) is 17.5 Å². The number of nitrogens with zero attached hydrogens (tertiary/aromatic N) is 1. The Bertz CT molecular complexity index is 1180. The van der Waals surface area contributed by atoms with Crippen molar-refractivity contribution in [1.82, 2.24) is 4.98 Å². The second-order valence-electron chi connectivity index (χ2n) is 6.12. The predicted molar refractivity (Wildman–Crippen MR) is 102 cm³/mol. The highest BCUT2D eigenvalue weighted by Crippen LogP contribution is 2.28. The van der Waals surface area contributed by atoms with Crippen LogP contribution in [0.25, 0.3) is 10.9 Å². The van der Waals surface area contributed by atoms with Crippen LogP contribution in [0.4, 0.5) is 18.9 Å². The van der Waals surface area contributed by atoms with E-state index in [1.165, 1.54) is 12.1 Å². The van der Waals surface area contributed by atoms with Crippen LogP contribution in [-0.2, 0) is 10.0 Å². The molecule has 0 aliphatic carbocycles. The van der Waals surface area contributed by atoms with Crippen molar-refractivity contribution in [3.63, 3.8) is 0 Å². The van der Waals surface area contributed by atoms with Crippen LogP contribution in [-0.4, -0.2) is 24.9 Å². The van der Waals surface area contributed by atoms with Gasteiger partial charge in [0.05, 0.1) is 28.2 Å². The molecular weight excluding hydrogens is 391 g/mol. The monoisotopic (exact) mass is 407 g/mol. The molecule has 0 aliphatic heterocycles. The van der Waals surface area contributed by atoms with Gasteiger partial charge in [-0.15, -0.1) is 0 Å². The van der Waals surface area contributed by atoms with Gasteiger partial charge in [-0.3, -0.25) is 15.1 Å². The Morgan fingerprint density at radius 2 is 1.89 bits per heavy atom. The third kappa shape index (κ3) is 3.84. The molecular formula is C19H16F3N3O2S. The molecule has 0 unspecified atom stereocenters. The maximum atomic E-state index is 14.8. The van der Waals surface area contributed by atoms with E-state index in [1.807, 2.05) is 4.72 Å². The average Bonchev–Trinajstić information content (AvgIpc) is 2.65. The molecule has 28 heavy (non-hydrogen) atoms. The number of hydrogen-bond donors (Lipinski definition) is 2. The minimum Gasteiger partial charge on any atom is -0.299 e. The van der Waals surface area contributed by atoms with Gasteiger partial charge in [0.1, 0.15) is 0 Å². The zero-order chi connectivity index (χ0) is 20.5. The third-order valence-electron chi connectivity index (χ3n) is 4.04. The molecule has 5 nitrogen and oxygen atoms in total. The van der Waals surface area contributed by atoms with Gasteiger partial charge in [0.2, 0.25) is 10.0 Å². The molecule has 0 atom stereocenters. The van der Waals surface area contributed by atoms with E-state index in [2.05, 4.69) is 4.98 Å². The number of anilines is 1. The first-order chi connectivity index (χ1) is 13.2. The van der Waals surface area contributed by atoms with Crippen LogP contribution in [0.15, 0.2) is 42.6 Å². The van der Waals surface area contributed by atoms with Crippen LogP contribution in [0.5, 0.6) is 0 Å². The summed E-state index contributed by atoms with van der Waals surface area (Å²) in [6, 6.07) is 8.30. The summed E-state index contributed by atoms with van der Waals surface area (Å²) in [6.45, 7) is 1.61. The average molecular weight is 407 g/mol. The molecule has 1 heterocycles. The van der Waals surface area contributed by atoms with Gasteiger partial charge in [-0.25, -0.2) is 21.6 Å². The van der Waals surface area contributed by atoms with E-state index in [4.69, 9.17) is 5.41 Å². The first-order valence-corrected chi connectivity index (χ1v) is 10.0. The second-order valence-corrected chi connectivity index (χ2v) is 7.96. The fourth-order valence-electron chi connectivity index (χ4n) is 2.76. The molecule has 0 spiro atoms. The van der Waals surface area contributed by atoms with Crippen molar-refractivity contribution in [1.29, 1.82) is 5.41 Å². The number of nitrogens with one attached hydrogen (secondary N) is 2. The van der Waals surface area contributed by atoms with Gasteiger partial charge in [-0.1, -0.05) is 19.1 Å². The summed E-state index contributed by atoms with van der Waals surface area (Å²) in [5.74, 6) is -4.68. The van der Waals surface area contributed by atoms with Crippen molar-refractivity contribution >= 4 is 32.3 Å². The van der Waals surface area contributed by atoms with Gasteiger partial charge in [0.25, 0.3) is 0 Å². The van der Waals surface area contributed by atoms with Crippen LogP contribution in [0, 0.1) is 22.9 Å². The molecule has 0 fully saturated rings. The predicted octanol–water partition coefficient (Wildman–Crippen LogP) is 4.22. The van der Waals surface area contributed by atoms with Crippen LogP contribution in [0.1, 0.15) is 24.5 Å². The number of halogens is 3. The number of hydrogen-bond acceptors (Lipinski definition) is 4. The van der Waals surface area contributed by atoms with Gasteiger partial charge < -0.3 is 0 Å². The molecule has 0 saturated heterocycles. The topological polar surface area (TPSA) is 82.9 Å². The molecule has 2 aromatic carbocycles. The van der Waals surface area contributed by atoms with E-state index in [0.29, 0.717) is 17.0 Å². The third-order valence-corrected chi connectivity index (χ3v) is 5.51. The van der Waals surface area contributed by atoms with Crippen LogP contribution >= 0.6 is 0 Å². The Labute approximate surface area is 159 Å². The molecule has 146 valence electrons. The van der Waals surface area contributed by atoms with Crippen molar-refractivity contribution in [3.8, 4) is 0 Å². The Morgan fingerprint density at radius 1 is 1.14 bits per heavy atom. The number of sulfonamides is 1. The van der Waals surface area contributed by atoms with Gasteiger partial charge in [0, 0.05) is 23.2 Å². The molecule has 9 heteroatoms. The minimum atomic E-state index is -3.93. The van der Waals surface area contributed by atoms with Crippen molar-refractivity contribution in [2.24, 2.45) is 0 Å². The van der Waals surface area contributed by atoms with Crippen LogP contribution < -0.4 is 4.72 Å². The van der Waals surface area contributed by atoms with Gasteiger partial charge >= 0.3 is 0 Å². The van der Waals surface area contributed by atoms with Gasteiger partial charge in [-0.05, 0) is 24.6 Å². The molecule has 0 aliphatic rings. The summed E-state index contributed by atoms with van der Waals surface area (Å²) in [4.78, 5) is 4.12. The van der Waals surface area contributed by atoms with E-state index in [9.17, 15) is 21.6 Å². The number of benzene rings is 2. The fraction of sp³-hybridized carbons (Fsp3) is 0.158. The highest BCUT2D eigenvalue weighted by molar-refractivity contribution is 7.92. The zero-order valence-corrected chi connectivity index (χ0v) is 15.6. The minimum absolute atomic E-state index is 0.131. The standard InChI is InChI=1S/C19H16F3N3O2S/c1-2-8-28(26,27)25-15-10-13(20)17(21)16(18(15)22)19(23)12-5-6-14-11(9-12)4-3-7-24-14/h3-7,9-10,23,25H,2,8H2,1H3. The first-order valence-electron chi connectivity index (χ1n) is 8.35. The molecule has 0 saturated carbocycles. The zero-order valence-electron chi connectivity index (χ0n) is 14.8. The lowest BCUT2D eigenvalue weighted by Crippen LogP contribution is -2.19. The molecule has 0 amide bonds. The molecule has 0 bridgehead atoms. The highest BCUT2D eigenvalue weighted by atomic mass is 32.2. The summed E-state index contributed by atoms with van der Waals surface area (Å²) >= 11 is 0. The largest absolute Gasteiger partial charge is 0.299 e. The maximum absolute atomic E-state index is 14.8. The van der Waals surface area contributed by atoms with Crippen LogP contribution in [0.3, 0.4) is 0 Å². The van der Waals surface area contributed by atoms with E-state index < -0.39 is 44.4 Å². The summed E-state index contributed by atoms with van der Waals surface area (Å²) in [5, 5.41) is 8.82. The van der Waals surface area contributed by atoms with E-state index in [1.54, 1.807) is 31.3 Å². The number of pyridine rings is 1. The Balaban J connectivity index is 2.10. The molecule has 0 radical (unpaired) electrons. The number of aromatic nitrogens is 1. The lowest BCUT2D eigenvalue weighted by Gasteiger charge is -2.14. The van der Waals surface area contributed by atoms with Gasteiger partial charge in [-0.2, -0.15) is 0 Å². The van der Waals surface area contributed by atoms with Crippen molar-refractivity contribution in [2.45, 2.75) is 13.3 Å². The van der Waals surface area contributed by atoms with Crippen molar-refractivity contribution in [3.05, 3.63) is 71.2 Å². The number of rotatable bonds is 6. The molecule has 3 aromatic rings. The Hall–Kier alpha value is -2.94. The smallest absolute Gasteiger partial charge is 0.232 e. The van der Waals surface area contributed by atoms with Crippen LogP contribution in [0.2, 0.25) is 0 Å². The number of fused-ring (bicyclic) bond motifs is 1. The highest BCUT2D eigenvalue weighted by Gasteiger charge is 2.25. The Kier molecular flexibility index (Phi) is 5.37. The first kappa shape index (κ1) is 19.8. The Morgan fingerprint density at radius 3 is 2.61 bits per heavy atom. The molecule has 1 aromatic heterocycles. The fourth-order valence-corrected chi connectivity index (χ4v) is 3.88. The maximum Gasteiger partial charge on any atom is 0.232 e.